The summed E-state index contributed by atoms with van der Waals surface area (Å²) in [6, 6.07) is 14.6. The maximum atomic E-state index is 11.7. The maximum Gasteiger partial charge on any atom is 0.336 e. The first-order chi connectivity index (χ1) is 13.7. The van der Waals surface area contributed by atoms with Crippen LogP contribution in [-0.2, 0) is 4.79 Å². The van der Waals surface area contributed by atoms with Crippen molar-refractivity contribution in [2.45, 2.75) is 19.3 Å². The molecule has 1 N–H and O–H groups in total. The van der Waals surface area contributed by atoms with Gasteiger partial charge >= 0.3 is 5.97 Å². The van der Waals surface area contributed by atoms with Gasteiger partial charge in [-0.3, -0.25) is 4.90 Å². The van der Waals surface area contributed by atoms with Gasteiger partial charge < -0.3 is 14.6 Å². The summed E-state index contributed by atoms with van der Waals surface area (Å²) in [5.74, 6) is 0.311. The molecule has 0 spiro atoms. The van der Waals surface area contributed by atoms with E-state index in [1.165, 1.54) is 19.3 Å². The first-order valence-electron chi connectivity index (χ1n) is 9.71. The third kappa shape index (κ3) is 5.36. The Morgan fingerprint density at radius 1 is 1.07 bits per heavy atom. The SMILES string of the molecule is COc1cc(/C=C(\C(=O)O)c2ccccc2)ccc1OCCN1CCCCC1. The molecule has 5 heteroatoms. The second-order valence-corrected chi connectivity index (χ2v) is 6.89. The highest BCUT2D eigenvalue weighted by Crippen LogP contribution is 2.30. The number of carboxylic acids is 1. The van der Waals surface area contributed by atoms with E-state index in [-0.39, 0.29) is 5.57 Å². The van der Waals surface area contributed by atoms with Crippen molar-refractivity contribution < 1.29 is 19.4 Å². The largest absolute Gasteiger partial charge is 0.493 e. The van der Waals surface area contributed by atoms with Gasteiger partial charge in [-0.1, -0.05) is 42.8 Å². The average Bonchev–Trinajstić information content (AvgIpc) is 2.74. The van der Waals surface area contributed by atoms with Gasteiger partial charge in [0.2, 0.25) is 0 Å². The monoisotopic (exact) mass is 381 g/mol. The number of hydrogen-bond donors (Lipinski definition) is 1. The molecule has 5 nitrogen and oxygen atoms in total. The molecule has 28 heavy (non-hydrogen) atoms. The molecule has 1 aliphatic heterocycles. The highest BCUT2D eigenvalue weighted by atomic mass is 16.5. The van der Waals surface area contributed by atoms with Crippen LogP contribution in [0, 0.1) is 0 Å². The summed E-state index contributed by atoms with van der Waals surface area (Å²) in [7, 11) is 1.59. The van der Waals surface area contributed by atoms with Crippen LogP contribution in [0.25, 0.3) is 11.6 Å². The van der Waals surface area contributed by atoms with Crippen molar-refractivity contribution in [3.8, 4) is 11.5 Å². The molecule has 0 aliphatic carbocycles. The van der Waals surface area contributed by atoms with E-state index in [2.05, 4.69) is 4.90 Å². The maximum absolute atomic E-state index is 11.7. The number of carboxylic acid groups (broad SMARTS) is 1. The van der Waals surface area contributed by atoms with Crippen LogP contribution >= 0.6 is 0 Å². The van der Waals surface area contributed by atoms with Gasteiger partial charge in [0.1, 0.15) is 6.61 Å². The zero-order valence-corrected chi connectivity index (χ0v) is 16.3. The van der Waals surface area contributed by atoms with Crippen molar-refractivity contribution >= 4 is 17.6 Å². The highest BCUT2D eigenvalue weighted by Gasteiger charge is 2.13. The van der Waals surface area contributed by atoms with Crippen molar-refractivity contribution in [2.24, 2.45) is 0 Å². The van der Waals surface area contributed by atoms with Gasteiger partial charge in [0.15, 0.2) is 11.5 Å². The topological polar surface area (TPSA) is 59.0 Å². The first kappa shape index (κ1) is 20.0. The van der Waals surface area contributed by atoms with Gasteiger partial charge in [0.05, 0.1) is 12.7 Å². The number of carbonyl (C=O) groups is 1. The molecule has 0 atom stereocenters. The fraction of sp³-hybridized carbons (Fsp3) is 0.348. The van der Waals surface area contributed by atoms with E-state index in [9.17, 15) is 9.90 Å². The van der Waals surface area contributed by atoms with E-state index in [4.69, 9.17) is 9.47 Å². The van der Waals surface area contributed by atoms with E-state index in [1.807, 2.05) is 36.4 Å². The summed E-state index contributed by atoms with van der Waals surface area (Å²) < 4.78 is 11.4. The van der Waals surface area contributed by atoms with E-state index < -0.39 is 5.97 Å². The van der Waals surface area contributed by atoms with E-state index >= 15 is 0 Å². The molecule has 2 aromatic rings. The molecule has 0 aromatic heterocycles. The molecule has 3 rings (SSSR count). The van der Waals surface area contributed by atoms with Crippen molar-refractivity contribution in [3.63, 3.8) is 0 Å². The molecular weight excluding hydrogens is 354 g/mol. The Balaban J connectivity index is 1.71. The summed E-state index contributed by atoms with van der Waals surface area (Å²) in [5.41, 5.74) is 1.65. The van der Waals surface area contributed by atoms with Gasteiger partial charge in [-0.2, -0.15) is 0 Å². The van der Waals surface area contributed by atoms with Crippen molar-refractivity contribution in [1.82, 2.24) is 4.90 Å². The predicted octanol–water partition coefficient (Wildman–Crippen LogP) is 4.19. The zero-order chi connectivity index (χ0) is 19.8. The summed E-state index contributed by atoms with van der Waals surface area (Å²) in [6.07, 6.45) is 5.49. The summed E-state index contributed by atoms with van der Waals surface area (Å²) in [4.78, 5) is 14.1. The number of aliphatic carboxylic acids is 1. The minimum absolute atomic E-state index is 0.237. The Bertz CT molecular complexity index is 811. The fourth-order valence-corrected chi connectivity index (χ4v) is 3.41. The number of piperidine rings is 1. The third-order valence-corrected chi connectivity index (χ3v) is 4.93. The normalized spacial score (nSPS) is 15.2. The van der Waals surface area contributed by atoms with Crippen LogP contribution in [-0.4, -0.2) is 49.3 Å². The number of nitrogens with zero attached hydrogens (tertiary/aromatic N) is 1. The second kappa shape index (κ2) is 9.95. The standard InChI is InChI=1S/C23H27NO4/c1-27-22-17-18(16-20(23(25)26)19-8-4-2-5-9-19)10-11-21(22)28-15-14-24-12-6-3-7-13-24/h2,4-5,8-11,16-17H,3,6-7,12-15H2,1H3,(H,25,26)/b20-16-. The molecule has 1 fully saturated rings. The predicted molar refractivity (Wildman–Crippen MR) is 111 cm³/mol. The first-order valence-corrected chi connectivity index (χ1v) is 9.71. The zero-order valence-electron chi connectivity index (χ0n) is 16.3. The van der Waals surface area contributed by atoms with Gasteiger partial charge in [-0.05, 0) is 55.3 Å². The van der Waals surface area contributed by atoms with Crippen LogP contribution in [0.4, 0.5) is 0 Å². The lowest BCUT2D eigenvalue weighted by Crippen LogP contribution is -2.33. The Hall–Kier alpha value is -2.79. The van der Waals surface area contributed by atoms with Crippen molar-refractivity contribution in [1.29, 1.82) is 0 Å². The molecule has 0 bridgehead atoms. The third-order valence-electron chi connectivity index (χ3n) is 4.93. The van der Waals surface area contributed by atoms with Crippen LogP contribution in [0.1, 0.15) is 30.4 Å². The second-order valence-electron chi connectivity index (χ2n) is 6.89. The van der Waals surface area contributed by atoms with Crippen LogP contribution in [0.2, 0.25) is 0 Å². The molecule has 0 amide bonds. The lowest BCUT2D eigenvalue weighted by molar-refractivity contribution is -0.130. The number of benzene rings is 2. The molecule has 0 radical (unpaired) electrons. The number of hydrogen-bond acceptors (Lipinski definition) is 4. The lowest BCUT2D eigenvalue weighted by atomic mass is 10.0. The quantitative estimate of drug-likeness (QED) is 0.549. The Kier molecular flexibility index (Phi) is 7.09. The summed E-state index contributed by atoms with van der Waals surface area (Å²) >= 11 is 0. The summed E-state index contributed by atoms with van der Waals surface area (Å²) in [5, 5.41) is 9.58. The number of likely N-dealkylation sites (tertiary alicyclic amines) is 1. The highest BCUT2D eigenvalue weighted by molar-refractivity contribution is 6.20. The van der Waals surface area contributed by atoms with E-state index in [0.29, 0.717) is 23.7 Å². The number of ether oxygens (including phenoxy) is 2. The molecule has 2 aromatic carbocycles. The number of methoxy groups -OCH3 is 1. The van der Waals surface area contributed by atoms with Crippen LogP contribution in [0.3, 0.4) is 0 Å². The Labute approximate surface area is 166 Å². The van der Waals surface area contributed by atoms with Gasteiger partial charge in [-0.15, -0.1) is 0 Å². The van der Waals surface area contributed by atoms with Gasteiger partial charge in [0.25, 0.3) is 0 Å². The minimum atomic E-state index is -0.966. The average molecular weight is 381 g/mol. The van der Waals surface area contributed by atoms with Crippen LogP contribution in [0.5, 0.6) is 11.5 Å². The minimum Gasteiger partial charge on any atom is -0.493 e. The Morgan fingerprint density at radius 3 is 2.50 bits per heavy atom. The van der Waals surface area contributed by atoms with Crippen LogP contribution < -0.4 is 9.47 Å². The van der Waals surface area contributed by atoms with Crippen molar-refractivity contribution in [3.05, 3.63) is 59.7 Å². The Morgan fingerprint density at radius 2 is 1.82 bits per heavy atom. The van der Waals surface area contributed by atoms with Gasteiger partial charge in [0, 0.05) is 6.54 Å². The fourth-order valence-electron chi connectivity index (χ4n) is 3.41. The van der Waals surface area contributed by atoms with Crippen LogP contribution in [0.15, 0.2) is 48.5 Å². The number of rotatable bonds is 8. The van der Waals surface area contributed by atoms with Crippen molar-refractivity contribution in [2.75, 3.05) is 33.4 Å². The lowest BCUT2D eigenvalue weighted by Gasteiger charge is -2.26. The van der Waals surface area contributed by atoms with E-state index in [0.717, 1.165) is 25.2 Å². The molecule has 0 unspecified atom stereocenters. The molecule has 1 heterocycles. The molecule has 0 saturated carbocycles. The molecular formula is C23H27NO4. The van der Waals surface area contributed by atoms with E-state index in [1.54, 1.807) is 25.3 Å². The molecule has 1 saturated heterocycles. The molecule has 1 aliphatic rings. The summed E-state index contributed by atoms with van der Waals surface area (Å²) in [6.45, 7) is 3.79. The van der Waals surface area contributed by atoms with Gasteiger partial charge in [-0.25, -0.2) is 4.79 Å². The smallest absolute Gasteiger partial charge is 0.336 e. The molecule has 148 valence electrons.